The third-order valence-corrected chi connectivity index (χ3v) is 5.08. The van der Waals surface area contributed by atoms with E-state index >= 15 is 0 Å². The Kier molecular flexibility index (Phi) is 4.41. The molecule has 1 fully saturated rings. The summed E-state index contributed by atoms with van der Waals surface area (Å²) in [6, 6.07) is 0.333. The van der Waals surface area contributed by atoms with Crippen LogP contribution in [-0.4, -0.2) is 21.5 Å². The summed E-state index contributed by atoms with van der Waals surface area (Å²) in [7, 11) is 0. The predicted octanol–water partition coefficient (Wildman–Crippen LogP) is 2.68. The number of nitrogens with zero attached hydrogens (tertiary/aromatic N) is 2. The molecule has 1 aliphatic carbocycles. The van der Waals surface area contributed by atoms with E-state index in [1.165, 1.54) is 32.1 Å². The van der Waals surface area contributed by atoms with Crippen molar-refractivity contribution in [2.75, 3.05) is 0 Å². The summed E-state index contributed by atoms with van der Waals surface area (Å²) in [6.45, 7) is 0. The zero-order valence-electron chi connectivity index (χ0n) is 8.76. The van der Waals surface area contributed by atoms with Crippen LogP contribution in [0.3, 0.4) is 0 Å². The third-order valence-electron chi connectivity index (χ3n) is 2.85. The molecular weight excluding hydrogens is 226 g/mol. The van der Waals surface area contributed by atoms with E-state index in [1.807, 2.05) is 11.8 Å². The van der Waals surface area contributed by atoms with Crippen molar-refractivity contribution >= 4 is 23.1 Å². The first-order chi connectivity index (χ1) is 7.36. The molecule has 0 amide bonds. The maximum atomic E-state index is 6.20. The van der Waals surface area contributed by atoms with Crippen LogP contribution in [0.25, 0.3) is 0 Å². The summed E-state index contributed by atoms with van der Waals surface area (Å²) < 4.78 is 1.07. The monoisotopic (exact) mass is 243 g/mol. The van der Waals surface area contributed by atoms with Crippen molar-refractivity contribution in [3.63, 3.8) is 0 Å². The molecule has 1 aromatic heterocycles. The number of thioether (sulfide) groups is 1. The molecule has 1 saturated carbocycles. The Bertz CT molecular complexity index is 276. The molecule has 0 bridgehead atoms. The van der Waals surface area contributed by atoms with Gasteiger partial charge in [-0.1, -0.05) is 48.8 Å². The molecule has 3 nitrogen and oxygen atoms in total. The largest absolute Gasteiger partial charge is 0.327 e. The van der Waals surface area contributed by atoms with E-state index in [2.05, 4.69) is 10.2 Å². The fraction of sp³-hybridized carbons (Fsp3) is 0.800. The molecule has 2 N–H and O–H groups in total. The lowest BCUT2D eigenvalue weighted by atomic mass is 9.97. The highest BCUT2D eigenvalue weighted by molar-refractivity contribution is 8.01. The van der Waals surface area contributed by atoms with E-state index in [4.69, 9.17) is 5.73 Å². The molecule has 0 radical (unpaired) electrons. The molecule has 15 heavy (non-hydrogen) atoms. The van der Waals surface area contributed by atoms with Crippen LogP contribution in [0.1, 0.15) is 38.5 Å². The molecule has 0 saturated heterocycles. The lowest BCUT2D eigenvalue weighted by Gasteiger charge is -2.24. The molecule has 0 aromatic carbocycles. The van der Waals surface area contributed by atoms with Crippen LogP contribution < -0.4 is 5.73 Å². The van der Waals surface area contributed by atoms with Crippen molar-refractivity contribution in [3.05, 3.63) is 5.51 Å². The van der Waals surface area contributed by atoms with E-state index in [9.17, 15) is 0 Å². The summed E-state index contributed by atoms with van der Waals surface area (Å²) in [6.07, 6.45) is 7.70. The molecule has 2 unspecified atom stereocenters. The van der Waals surface area contributed by atoms with Crippen molar-refractivity contribution in [1.29, 1.82) is 0 Å². The molecule has 84 valence electrons. The Labute approximate surface area is 98.9 Å². The maximum Gasteiger partial charge on any atom is 0.174 e. The fourth-order valence-electron chi connectivity index (χ4n) is 1.97. The van der Waals surface area contributed by atoms with Crippen LogP contribution >= 0.6 is 23.1 Å². The zero-order chi connectivity index (χ0) is 10.5. The second kappa shape index (κ2) is 5.82. The summed E-state index contributed by atoms with van der Waals surface area (Å²) in [4.78, 5) is 0. The smallest absolute Gasteiger partial charge is 0.174 e. The van der Waals surface area contributed by atoms with Gasteiger partial charge in [0.2, 0.25) is 0 Å². The second-order valence-corrected chi connectivity index (χ2v) is 6.34. The summed E-state index contributed by atoms with van der Waals surface area (Å²) in [5.41, 5.74) is 7.99. The number of nitrogens with two attached hydrogens (primary N) is 1. The van der Waals surface area contributed by atoms with Crippen LogP contribution in [0, 0.1) is 0 Å². The fourth-order valence-corrected chi connectivity index (χ4v) is 3.92. The first-order valence-corrected chi connectivity index (χ1v) is 7.30. The highest BCUT2D eigenvalue weighted by Gasteiger charge is 2.21. The molecule has 1 aromatic rings. The topological polar surface area (TPSA) is 51.8 Å². The lowest BCUT2D eigenvalue weighted by Crippen LogP contribution is -2.33. The number of aromatic nitrogens is 2. The SMILES string of the molecule is NC1CCCCCCC1Sc1nncs1. The Hall–Kier alpha value is -0.130. The summed E-state index contributed by atoms with van der Waals surface area (Å²) in [5.74, 6) is 0. The van der Waals surface area contributed by atoms with E-state index < -0.39 is 0 Å². The standard InChI is InChI=1S/C10H17N3S2/c11-8-5-3-1-2-4-6-9(8)15-10-13-12-7-14-10/h7-9H,1-6,11H2. The molecule has 5 heteroatoms. The van der Waals surface area contributed by atoms with Crippen molar-refractivity contribution < 1.29 is 0 Å². The van der Waals surface area contributed by atoms with Crippen molar-refractivity contribution in [3.8, 4) is 0 Å². The van der Waals surface area contributed by atoms with Gasteiger partial charge >= 0.3 is 0 Å². The van der Waals surface area contributed by atoms with Gasteiger partial charge in [0.1, 0.15) is 5.51 Å². The van der Waals surface area contributed by atoms with Gasteiger partial charge in [0.15, 0.2) is 4.34 Å². The second-order valence-electron chi connectivity index (χ2n) is 4.02. The third kappa shape index (κ3) is 3.43. The van der Waals surface area contributed by atoms with Crippen LogP contribution in [-0.2, 0) is 0 Å². The van der Waals surface area contributed by atoms with Crippen molar-refractivity contribution in [1.82, 2.24) is 10.2 Å². The van der Waals surface area contributed by atoms with Gasteiger partial charge in [-0.25, -0.2) is 0 Å². The highest BCUT2D eigenvalue weighted by Crippen LogP contribution is 2.32. The maximum absolute atomic E-state index is 6.20. The van der Waals surface area contributed by atoms with Gasteiger partial charge in [0.25, 0.3) is 0 Å². The first kappa shape index (κ1) is 11.4. The molecule has 1 aliphatic rings. The van der Waals surface area contributed by atoms with Gasteiger partial charge in [-0.15, -0.1) is 10.2 Å². The minimum atomic E-state index is 0.333. The Morgan fingerprint density at radius 2 is 2.07 bits per heavy atom. The van der Waals surface area contributed by atoms with Crippen LogP contribution in [0.15, 0.2) is 9.85 Å². The van der Waals surface area contributed by atoms with Gasteiger partial charge < -0.3 is 5.73 Å². The van der Waals surface area contributed by atoms with Gasteiger partial charge in [0, 0.05) is 11.3 Å². The summed E-state index contributed by atoms with van der Waals surface area (Å²) >= 11 is 3.44. The van der Waals surface area contributed by atoms with Crippen molar-refractivity contribution in [2.24, 2.45) is 5.73 Å². The number of hydrogen-bond donors (Lipinski definition) is 1. The van der Waals surface area contributed by atoms with Crippen molar-refractivity contribution in [2.45, 2.75) is 54.2 Å². The van der Waals surface area contributed by atoms with E-state index in [0.717, 1.165) is 10.8 Å². The van der Waals surface area contributed by atoms with Gasteiger partial charge in [0.05, 0.1) is 0 Å². The Morgan fingerprint density at radius 3 is 2.80 bits per heavy atom. The first-order valence-electron chi connectivity index (χ1n) is 5.54. The van der Waals surface area contributed by atoms with Gasteiger partial charge in [-0.2, -0.15) is 0 Å². The normalized spacial score (nSPS) is 28.3. The molecule has 1 heterocycles. The number of hydrogen-bond acceptors (Lipinski definition) is 5. The predicted molar refractivity (Wildman–Crippen MR) is 65.2 cm³/mol. The Morgan fingerprint density at radius 1 is 1.27 bits per heavy atom. The minimum absolute atomic E-state index is 0.333. The quantitative estimate of drug-likeness (QED) is 0.867. The average molecular weight is 243 g/mol. The highest BCUT2D eigenvalue weighted by atomic mass is 32.2. The minimum Gasteiger partial charge on any atom is -0.327 e. The van der Waals surface area contributed by atoms with E-state index in [-0.39, 0.29) is 0 Å². The molecule has 2 atom stereocenters. The molecule has 0 aliphatic heterocycles. The average Bonchev–Trinajstić information content (AvgIpc) is 2.70. The zero-order valence-corrected chi connectivity index (χ0v) is 10.4. The van der Waals surface area contributed by atoms with E-state index in [1.54, 1.807) is 16.8 Å². The molecular formula is C10H17N3S2. The lowest BCUT2D eigenvalue weighted by molar-refractivity contribution is 0.463. The van der Waals surface area contributed by atoms with Gasteiger partial charge in [-0.05, 0) is 12.8 Å². The van der Waals surface area contributed by atoms with Gasteiger partial charge in [-0.3, -0.25) is 0 Å². The molecule has 0 spiro atoms. The van der Waals surface area contributed by atoms with Crippen LogP contribution in [0.4, 0.5) is 0 Å². The van der Waals surface area contributed by atoms with Crippen LogP contribution in [0.5, 0.6) is 0 Å². The van der Waals surface area contributed by atoms with Crippen LogP contribution in [0.2, 0.25) is 0 Å². The number of rotatable bonds is 2. The van der Waals surface area contributed by atoms with E-state index in [0.29, 0.717) is 11.3 Å². The Balaban J connectivity index is 1.92. The molecule has 2 rings (SSSR count). The summed E-state index contributed by atoms with van der Waals surface area (Å²) in [5, 5.41) is 8.48.